The minimum Gasteiger partial charge on any atom is -0.497 e. The summed E-state index contributed by atoms with van der Waals surface area (Å²) in [7, 11) is -2.23. The number of carboxylic acid groups (broad SMARTS) is 1. The van der Waals surface area contributed by atoms with Crippen molar-refractivity contribution in [1.82, 2.24) is 4.31 Å². The molecule has 1 saturated heterocycles. The van der Waals surface area contributed by atoms with Crippen LogP contribution < -0.4 is 10.1 Å². The molecule has 3 aromatic rings. The Morgan fingerprint density at radius 2 is 1.66 bits per heavy atom. The Morgan fingerprint density at radius 1 is 0.971 bits per heavy atom. The van der Waals surface area contributed by atoms with Crippen molar-refractivity contribution in [3.8, 4) is 16.9 Å². The van der Waals surface area contributed by atoms with E-state index >= 15 is 0 Å². The number of carboxylic acids is 1. The molecule has 1 heterocycles. The Hall–Kier alpha value is -3.73. The molecule has 0 atom stereocenters. The van der Waals surface area contributed by atoms with Crippen LogP contribution in [-0.2, 0) is 14.8 Å². The summed E-state index contributed by atoms with van der Waals surface area (Å²) in [5.41, 5.74) is 1.54. The van der Waals surface area contributed by atoms with E-state index in [2.05, 4.69) is 5.32 Å². The predicted molar refractivity (Wildman–Crippen MR) is 129 cm³/mol. The van der Waals surface area contributed by atoms with Crippen molar-refractivity contribution < 1.29 is 32.6 Å². The molecule has 0 unspecified atom stereocenters. The normalized spacial score (nSPS) is 14.3. The van der Waals surface area contributed by atoms with Crippen LogP contribution >= 0.6 is 0 Å². The molecule has 182 valence electrons. The number of benzene rings is 3. The highest BCUT2D eigenvalue weighted by molar-refractivity contribution is 7.89. The van der Waals surface area contributed by atoms with Crippen molar-refractivity contribution in [3.63, 3.8) is 0 Å². The number of hydrogen-bond acceptors (Lipinski definition) is 6. The summed E-state index contributed by atoms with van der Waals surface area (Å²) in [4.78, 5) is 24.8. The summed E-state index contributed by atoms with van der Waals surface area (Å²) < 4.78 is 37.5. The lowest BCUT2D eigenvalue weighted by Crippen LogP contribution is -2.40. The summed E-state index contributed by atoms with van der Waals surface area (Å²) in [6.45, 7) is 1.09. The van der Waals surface area contributed by atoms with Gasteiger partial charge in [-0.05, 0) is 53.6 Å². The number of anilines is 1. The van der Waals surface area contributed by atoms with E-state index in [4.69, 9.17) is 9.47 Å². The van der Waals surface area contributed by atoms with Crippen molar-refractivity contribution in [2.24, 2.45) is 0 Å². The van der Waals surface area contributed by atoms with Crippen LogP contribution in [0.4, 0.5) is 5.69 Å². The van der Waals surface area contributed by atoms with Gasteiger partial charge >= 0.3 is 5.97 Å². The molecule has 1 amide bonds. The maximum absolute atomic E-state index is 12.9. The van der Waals surface area contributed by atoms with Crippen LogP contribution in [0.25, 0.3) is 11.1 Å². The number of nitrogens with zero attached hydrogens (tertiary/aromatic N) is 1. The average molecular weight is 497 g/mol. The van der Waals surface area contributed by atoms with Crippen molar-refractivity contribution >= 4 is 27.6 Å². The topological polar surface area (TPSA) is 122 Å². The summed E-state index contributed by atoms with van der Waals surface area (Å²) >= 11 is 0. The van der Waals surface area contributed by atoms with Gasteiger partial charge in [-0.15, -0.1) is 0 Å². The maximum Gasteiger partial charge on any atom is 0.337 e. The molecule has 1 aliphatic heterocycles. The molecule has 0 spiro atoms. The zero-order valence-electron chi connectivity index (χ0n) is 18.9. The highest BCUT2D eigenvalue weighted by Gasteiger charge is 2.27. The van der Waals surface area contributed by atoms with Gasteiger partial charge in [-0.25, -0.2) is 13.2 Å². The van der Waals surface area contributed by atoms with Gasteiger partial charge in [0.2, 0.25) is 10.0 Å². The van der Waals surface area contributed by atoms with E-state index in [1.165, 1.54) is 40.7 Å². The molecule has 1 aliphatic rings. The van der Waals surface area contributed by atoms with Gasteiger partial charge in [-0.2, -0.15) is 4.31 Å². The lowest BCUT2D eigenvalue weighted by Gasteiger charge is -2.26. The monoisotopic (exact) mass is 496 g/mol. The van der Waals surface area contributed by atoms with E-state index in [9.17, 15) is 23.1 Å². The first kappa shape index (κ1) is 24.4. The second-order valence-electron chi connectivity index (χ2n) is 7.79. The second kappa shape index (κ2) is 10.3. The van der Waals surface area contributed by atoms with Crippen LogP contribution in [0.2, 0.25) is 0 Å². The van der Waals surface area contributed by atoms with Gasteiger partial charge in [-0.3, -0.25) is 4.79 Å². The van der Waals surface area contributed by atoms with Crippen LogP contribution in [0.5, 0.6) is 5.75 Å². The molecular weight excluding hydrogens is 472 g/mol. The summed E-state index contributed by atoms with van der Waals surface area (Å²) in [6.07, 6.45) is 0. The Morgan fingerprint density at radius 3 is 2.31 bits per heavy atom. The molecule has 0 aromatic heterocycles. The summed E-state index contributed by atoms with van der Waals surface area (Å²) in [5.74, 6) is -1.16. The van der Waals surface area contributed by atoms with Crippen molar-refractivity contribution in [2.45, 2.75) is 4.90 Å². The molecule has 10 heteroatoms. The van der Waals surface area contributed by atoms with Crippen LogP contribution in [0.15, 0.2) is 71.6 Å². The summed E-state index contributed by atoms with van der Waals surface area (Å²) in [6, 6.07) is 17.5. The summed E-state index contributed by atoms with van der Waals surface area (Å²) in [5, 5.41) is 12.3. The largest absolute Gasteiger partial charge is 0.497 e. The minimum atomic E-state index is -3.78. The van der Waals surface area contributed by atoms with Crippen LogP contribution in [0.1, 0.15) is 20.7 Å². The zero-order chi connectivity index (χ0) is 25.0. The van der Waals surface area contributed by atoms with Crippen LogP contribution in [0.3, 0.4) is 0 Å². The highest BCUT2D eigenvalue weighted by Crippen LogP contribution is 2.28. The lowest BCUT2D eigenvalue weighted by molar-refractivity contribution is 0.0698. The van der Waals surface area contributed by atoms with Gasteiger partial charge in [-0.1, -0.05) is 24.3 Å². The smallest absolute Gasteiger partial charge is 0.337 e. The number of nitrogens with one attached hydrogen (secondary N) is 1. The molecule has 0 aliphatic carbocycles. The number of carbonyl (C=O) groups is 2. The van der Waals surface area contributed by atoms with E-state index < -0.39 is 21.9 Å². The number of amides is 1. The number of aromatic carboxylic acids is 1. The fourth-order valence-electron chi connectivity index (χ4n) is 3.72. The lowest BCUT2D eigenvalue weighted by atomic mass is 10.0. The fraction of sp³-hybridized carbons (Fsp3) is 0.200. The first-order valence-electron chi connectivity index (χ1n) is 10.8. The molecule has 1 fully saturated rings. The molecule has 3 aromatic carbocycles. The van der Waals surface area contributed by atoms with Gasteiger partial charge in [0, 0.05) is 18.7 Å². The van der Waals surface area contributed by atoms with E-state index in [-0.39, 0.29) is 34.8 Å². The van der Waals surface area contributed by atoms with Crippen molar-refractivity contribution in [3.05, 3.63) is 77.9 Å². The van der Waals surface area contributed by atoms with Crippen molar-refractivity contribution in [2.75, 3.05) is 38.7 Å². The third kappa shape index (κ3) is 5.35. The molecule has 9 nitrogen and oxygen atoms in total. The molecule has 0 saturated carbocycles. The third-order valence-electron chi connectivity index (χ3n) is 5.63. The number of morpholine rings is 1. The Kier molecular flexibility index (Phi) is 7.15. The number of carbonyl (C=O) groups excluding carboxylic acids is 1. The zero-order valence-corrected chi connectivity index (χ0v) is 19.7. The van der Waals surface area contributed by atoms with Gasteiger partial charge in [0.1, 0.15) is 5.75 Å². The number of ether oxygens (including phenoxy) is 2. The number of rotatable bonds is 7. The molecule has 35 heavy (non-hydrogen) atoms. The quantitative estimate of drug-likeness (QED) is 0.514. The molecule has 4 rings (SSSR count). The predicted octanol–water partition coefficient (Wildman–Crippen LogP) is 3.33. The van der Waals surface area contributed by atoms with Gasteiger partial charge in [0.15, 0.2) is 0 Å². The van der Waals surface area contributed by atoms with Gasteiger partial charge < -0.3 is 19.9 Å². The molecule has 0 bridgehead atoms. The number of hydrogen-bond donors (Lipinski definition) is 2. The Labute approximate surface area is 203 Å². The Bertz CT molecular complexity index is 1350. The number of sulfonamides is 1. The molecular formula is C25H24N2O7S. The van der Waals surface area contributed by atoms with E-state index in [0.717, 1.165) is 5.56 Å². The third-order valence-corrected chi connectivity index (χ3v) is 7.52. The maximum atomic E-state index is 12.9. The van der Waals surface area contributed by atoms with Gasteiger partial charge in [0.25, 0.3) is 5.91 Å². The van der Waals surface area contributed by atoms with E-state index in [0.29, 0.717) is 24.5 Å². The van der Waals surface area contributed by atoms with E-state index in [1.54, 1.807) is 37.4 Å². The van der Waals surface area contributed by atoms with Crippen LogP contribution in [-0.4, -0.2) is 63.1 Å². The fourth-order valence-corrected chi connectivity index (χ4v) is 5.18. The first-order chi connectivity index (χ1) is 16.8. The number of methoxy groups -OCH3 is 1. The average Bonchev–Trinajstić information content (AvgIpc) is 2.89. The SMILES string of the molecule is COc1ccc(-c2ccc(NC(=O)c3cccc(S(=O)(=O)N4CCOCC4)c3)c(C(=O)O)c2)cc1. The van der Waals surface area contributed by atoms with Crippen LogP contribution in [0, 0.1) is 0 Å². The molecule has 0 radical (unpaired) electrons. The van der Waals surface area contributed by atoms with Crippen molar-refractivity contribution in [1.29, 1.82) is 0 Å². The highest BCUT2D eigenvalue weighted by atomic mass is 32.2. The second-order valence-corrected chi connectivity index (χ2v) is 9.73. The first-order valence-corrected chi connectivity index (χ1v) is 12.2. The standard InChI is InChI=1S/C25H24N2O7S/c1-33-20-8-5-17(6-9-20)18-7-10-23(22(16-18)25(29)30)26-24(28)19-3-2-4-21(15-19)35(31,32)27-11-13-34-14-12-27/h2-10,15-16H,11-14H2,1H3,(H,26,28)(H,29,30). The Balaban J connectivity index is 1.58. The minimum absolute atomic E-state index is 0.0136. The molecule has 2 N–H and O–H groups in total. The van der Waals surface area contributed by atoms with E-state index in [1.807, 2.05) is 0 Å². The van der Waals surface area contributed by atoms with Gasteiger partial charge in [0.05, 0.1) is 36.5 Å².